The third-order valence-corrected chi connectivity index (χ3v) is 4.93. The first-order valence-electron chi connectivity index (χ1n) is 5.70. The van der Waals surface area contributed by atoms with E-state index in [-0.39, 0.29) is 12.3 Å². The van der Waals surface area contributed by atoms with E-state index in [4.69, 9.17) is 16.7 Å². The van der Waals surface area contributed by atoms with E-state index in [0.29, 0.717) is 15.1 Å². The standard InChI is InChI=1S/C13H10BrClFNO3S/c14-10-6-9(15)2-3-12(10)17-21(19,20)13-4-1-8(7-18)5-11(13)16/h1-6,17-18H,7H2. The molecule has 0 fully saturated rings. The van der Waals surface area contributed by atoms with Crippen molar-refractivity contribution in [2.75, 3.05) is 4.72 Å². The van der Waals surface area contributed by atoms with Crippen molar-refractivity contribution < 1.29 is 17.9 Å². The van der Waals surface area contributed by atoms with Gasteiger partial charge in [0, 0.05) is 9.50 Å². The van der Waals surface area contributed by atoms with Gasteiger partial charge < -0.3 is 5.11 Å². The molecule has 8 heteroatoms. The van der Waals surface area contributed by atoms with Crippen molar-refractivity contribution in [2.45, 2.75) is 11.5 Å². The van der Waals surface area contributed by atoms with Gasteiger partial charge in [-0.15, -0.1) is 0 Å². The molecule has 0 amide bonds. The first kappa shape index (κ1) is 16.2. The quantitative estimate of drug-likeness (QED) is 0.833. The van der Waals surface area contributed by atoms with E-state index in [1.165, 1.54) is 24.3 Å². The van der Waals surface area contributed by atoms with Crippen LogP contribution in [0, 0.1) is 5.82 Å². The molecule has 0 saturated carbocycles. The van der Waals surface area contributed by atoms with Crippen LogP contribution in [0.1, 0.15) is 5.56 Å². The Labute approximate surface area is 134 Å². The number of anilines is 1. The van der Waals surface area contributed by atoms with E-state index < -0.39 is 20.7 Å². The second-order valence-electron chi connectivity index (χ2n) is 4.15. The van der Waals surface area contributed by atoms with Crippen molar-refractivity contribution in [2.24, 2.45) is 0 Å². The molecule has 2 aromatic rings. The molecule has 0 atom stereocenters. The summed E-state index contributed by atoms with van der Waals surface area (Å²) in [6.07, 6.45) is 0. The number of benzene rings is 2. The van der Waals surface area contributed by atoms with Crippen LogP contribution in [0.4, 0.5) is 10.1 Å². The minimum absolute atomic E-state index is 0.241. The molecule has 4 nitrogen and oxygen atoms in total. The lowest BCUT2D eigenvalue weighted by atomic mass is 10.2. The highest BCUT2D eigenvalue weighted by atomic mass is 79.9. The van der Waals surface area contributed by atoms with Crippen LogP contribution in [-0.4, -0.2) is 13.5 Å². The second-order valence-corrected chi connectivity index (χ2v) is 7.09. The van der Waals surface area contributed by atoms with Crippen LogP contribution in [0.25, 0.3) is 0 Å². The van der Waals surface area contributed by atoms with E-state index in [1.807, 2.05) is 0 Å². The highest BCUT2D eigenvalue weighted by molar-refractivity contribution is 9.10. The molecule has 2 aromatic carbocycles. The number of aliphatic hydroxyl groups is 1. The molecule has 2 rings (SSSR count). The van der Waals surface area contributed by atoms with Gasteiger partial charge >= 0.3 is 0 Å². The van der Waals surface area contributed by atoms with Crippen molar-refractivity contribution >= 4 is 43.2 Å². The predicted octanol–water partition coefficient (Wildman–Crippen LogP) is 3.53. The molecular weight excluding hydrogens is 385 g/mol. The lowest BCUT2D eigenvalue weighted by Gasteiger charge is -2.11. The van der Waals surface area contributed by atoms with Gasteiger partial charge in [-0.1, -0.05) is 17.7 Å². The van der Waals surface area contributed by atoms with Gasteiger partial charge in [0.05, 0.1) is 12.3 Å². The lowest BCUT2D eigenvalue weighted by Crippen LogP contribution is -2.15. The summed E-state index contributed by atoms with van der Waals surface area (Å²) >= 11 is 8.95. The van der Waals surface area contributed by atoms with Gasteiger partial charge in [-0.2, -0.15) is 0 Å². The summed E-state index contributed by atoms with van der Waals surface area (Å²) in [6, 6.07) is 7.91. The summed E-state index contributed by atoms with van der Waals surface area (Å²) < 4.78 is 40.9. The topological polar surface area (TPSA) is 66.4 Å². The average molecular weight is 395 g/mol. The number of aliphatic hydroxyl groups excluding tert-OH is 1. The fraction of sp³-hybridized carbons (Fsp3) is 0.0769. The Kier molecular flexibility index (Phi) is 4.88. The first-order valence-corrected chi connectivity index (χ1v) is 8.36. The number of halogens is 3. The van der Waals surface area contributed by atoms with Crippen LogP contribution in [0.5, 0.6) is 0 Å². The molecule has 21 heavy (non-hydrogen) atoms. The number of nitrogens with one attached hydrogen (secondary N) is 1. The summed E-state index contributed by atoms with van der Waals surface area (Å²) in [5.74, 6) is -0.931. The fourth-order valence-electron chi connectivity index (χ4n) is 1.63. The SMILES string of the molecule is O=S(=O)(Nc1ccc(Cl)cc1Br)c1ccc(CO)cc1F. The van der Waals surface area contributed by atoms with Crippen LogP contribution in [-0.2, 0) is 16.6 Å². The van der Waals surface area contributed by atoms with Crippen LogP contribution in [0.3, 0.4) is 0 Å². The van der Waals surface area contributed by atoms with E-state index in [9.17, 15) is 12.8 Å². The predicted molar refractivity (Wildman–Crippen MR) is 82.3 cm³/mol. The van der Waals surface area contributed by atoms with Gasteiger partial charge in [0.15, 0.2) is 0 Å². The molecule has 0 aliphatic carbocycles. The van der Waals surface area contributed by atoms with Crippen LogP contribution in [0.2, 0.25) is 5.02 Å². The van der Waals surface area contributed by atoms with Gasteiger partial charge in [-0.25, -0.2) is 12.8 Å². The maximum Gasteiger partial charge on any atom is 0.264 e. The minimum Gasteiger partial charge on any atom is -0.392 e. The summed E-state index contributed by atoms with van der Waals surface area (Å²) in [6.45, 7) is -0.368. The Morgan fingerprint density at radius 2 is 1.95 bits per heavy atom. The molecular formula is C13H10BrClFNO3S. The molecule has 0 aliphatic heterocycles. The molecule has 0 aromatic heterocycles. The molecule has 0 bridgehead atoms. The Morgan fingerprint density at radius 1 is 1.24 bits per heavy atom. The Hall–Kier alpha value is -1.15. The highest BCUT2D eigenvalue weighted by Crippen LogP contribution is 2.28. The Balaban J connectivity index is 2.38. The van der Waals surface area contributed by atoms with Crippen molar-refractivity contribution in [1.82, 2.24) is 0 Å². The van der Waals surface area contributed by atoms with Crippen LogP contribution < -0.4 is 4.72 Å². The number of hydrogen-bond acceptors (Lipinski definition) is 3. The van der Waals surface area contributed by atoms with Gasteiger partial charge in [-0.3, -0.25) is 4.72 Å². The van der Waals surface area contributed by atoms with Crippen LogP contribution >= 0.6 is 27.5 Å². The monoisotopic (exact) mass is 393 g/mol. The second kappa shape index (κ2) is 6.31. The number of hydrogen-bond donors (Lipinski definition) is 2. The third-order valence-electron chi connectivity index (χ3n) is 2.64. The Bertz CT molecular complexity index is 783. The molecule has 2 N–H and O–H groups in total. The molecule has 0 spiro atoms. The molecule has 0 radical (unpaired) electrons. The fourth-order valence-corrected chi connectivity index (χ4v) is 3.69. The molecule has 0 saturated heterocycles. The summed E-state index contributed by atoms with van der Waals surface area (Å²) in [5, 5.41) is 9.34. The van der Waals surface area contributed by atoms with Crippen molar-refractivity contribution in [3.8, 4) is 0 Å². The van der Waals surface area contributed by atoms with Gasteiger partial charge in [-0.05, 0) is 51.8 Å². The Morgan fingerprint density at radius 3 is 2.52 bits per heavy atom. The van der Waals surface area contributed by atoms with Gasteiger partial charge in [0.1, 0.15) is 10.7 Å². The summed E-state index contributed by atoms with van der Waals surface area (Å²) in [4.78, 5) is -0.499. The van der Waals surface area contributed by atoms with Crippen molar-refractivity contribution in [1.29, 1.82) is 0 Å². The average Bonchev–Trinajstić information content (AvgIpc) is 2.41. The van der Waals surface area contributed by atoms with Gasteiger partial charge in [0.25, 0.3) is 10.0 Å². The smallest absolute Gasteiger partial charge is 0.264 e. The van der Waals surface area contributed by atoms with Crippen molar-refractivity contribution in [3.63, 3.8) is 0 Å². The zero-order valence-corrected chi connectivity index (χ0v) is 13.6. The first-order chi connectivity index (χ1) is 9.83. The maximum atomic E-state index is 13.8. The van der Waals surface area contributed by atoms with E-state index >= 15 is 0 Å². The zero-order chi connectivity index (χ0) is 15.6. The largest absolute Gasteiger partial charge is 0.392 e. The minimum atomic E-state index is -4.08. The molecule has 0 unspecified atom stereocenters. The van der Waals surface area contributed by atoms with E-state index in [1.54, 1.807) is 0 Å². The van der Waals surface area contributed by atoms with Crippen LogP contribution in [0.15, 0.2) is 45.8 Å². The lowest BCUT2D eigenvalue weighted by molar-refractivity contribution is 0.281. The van der Waals surface area contributed by atoms with E-state index in [2.05, 4.69) is 20.7 Å². The van der Waals surface area contributed by atoms with Crippen molar-refractivity contribution in [3.05, 3.63) is 57.3 Å². The highest BCUT2D eigenvalue weighted by Gasteiger charge is 2.20. The molecule has 0 aliphatic rings. The number of rotatable bonds is 4. The number of sulfonamides is 1. The summed E-state index contributed by atoms with van der Waals surface area (Å²) in [5.41, 5.74) is 0.532. The van der Waals surface area contributed by atoms with E-state index in [0.717, 1.165) is 12.1 Å². The van der Waals surface area contributed by atoms with Gasteiger partial charge in [0.2, 0.25) is 0 Å². The molecule has 0 heterocycles. The summed E-state index contributed by atoms with van der Waals surface area (Å²) in [7, 11) is -4.08. The third kappa shape index (κ3) is 3.74. The maximum absolute atomic E-state index is 13.8. The zero-order valence-electron chi connectivity index (χ0n) is 10.5. The molecule has 112 valence electrons. The normalized spacial score (nSPS) is 11.4.